The van der Waals surface area contributed by atoms with Gasteiger partial charge in [-0.3, -0.25) is 0 Å². The Morgan fingerprint density at radius 1 is 1.29 bits per heavy atom. The van der Waals surface area contributed by atoms with Crippen LogP contribution in [0, 0.1) is 0 Å². The van der Waals surface area contributed by atoms with Crippen molar-refractivity contribution in [1.29, 1.82) is 0 Å². The average Bonchev–Trinajstić information content (AvgIpc) is 2.64. The van der Waals surface area contributed by atoms with Gasteiger partial charge < -0.3 is 10.0 Å². The molecule has 0 unspecified atom stereocenters. The minimum absolute atomic E-state index is 0.164. The molecule has 1 N–H and O–H groups in total. The van der Waals surface area contributed by atoms with Crippen molar-refractivity contribution >= 4 is 16.5 Å². The SMILES string of the molecule is OCCN(CC(F)F)c1nnc(C(F)(F)F)s1. The third kappa shape index (κ3) is 4.04. The Labute approximate surface area is 96.7 Å². The average molecular weight is 277 g/mol. The highest BCUT2D eigenvalue weighted by atomic mass is 32.1. The first-order valence-corrected chi connectivity index (χ1v) is 5.21. The number of hydrogen-bond donors (Lipinski definition) is 1. The summed E-state index contributed by atoms with van der Waals surface area (Å²) in [6, 6.07) is 0. The zero-order valence-corrected chi connectivity index (χ0v) is 9.10. The van der Waals surface area contributed by atoms with Gasteiger partial charge in [-0.25, -0.2) is 8.78 Å². The van der Waals surface area contributed by atoms with Crippen LogP contribution in [0.15, 0.2) is 0 Å². The van der Waals surface area contributed by atoms with E-state index in [4.69, 9.17) is 5.11 Å². The number of alkyl halides is 5. The first kappa shape index (κ1) is 14.0. The summed E-state index contributed by atoms with van der Waals surface area (Å²) in [5.41, 5.74) is 0. The summed E-state index contributed by atoms with van der Waals surface area (Å²) in [4.78, 5) is 0.859. The highest BCUT2D eigenvalue weighted by molar-refractivity contribution is 7.15. The summed E-state index contributed by atoms with van der Waals surface area (Å²) < 4.78 is 60.9. The van der Waals surface area contributed by atoms with Crippen LogP contribution in [-0.2, 0) is 6.18 Å². The Kier molecular flexibility index (Phi) is 4.57. The van der Waals surface area contributed by atoms with Gasteiger partial charge in [0.25, 0.3) is 6.43 Å². The minimum Gasteiger partial charge on any atom is -0.395 e. The number of anilines is 1. The van der Waals surface area contributed by atoms with Crippen molar-refractivity contribution in [3.05, 3.63) is 5.01 Å². The van der Waals surface area contributed by atoms with Gasteiger partial charge in [0.2, 0.25) is 10.1 Å². The van der Waals surface area contributed by atoms with Crippen molar-refractivity contribution in [1.82, 2.24) is 10.2 Å². The highest BCUT2D eigenvalue weighted by Gasteiger charge is 2.36. The number of halogens is 5. The maximum Gasteiger partial charge on any atom is 0.445 e. The molecule has 0 aromatic carbocycles. The van der Waals surface area contributed by atoms with E-state index in [1.54, 1.807) is 0 Å². The lowest BCUT2D eigenvalue weighted by molar-refractivity contribution is -0.138. The predicted molar refractivity (Wildman–Crippen MR) is 50.2 cm³/mol. The molecule has 0 saturated heterocycles. The molecule has 1 heterocycles. The van der Waals surface area contributed by atoms with E-state index >= 15 is 0 Å². The lowest BCUT2D eigenvalue weighted by Gasteiger charge is -2.19. The van der Waals surface area contributed by atoms with Crippen LogP contribution >= 0.6 is 11.3 Å². The Morgan fingerprint density at radius 3 is 2.35 bits per heavy atom. The van der Waals surface area contributed by atoms with Crippen LogP contribution in [0.1, 0.15) is 5.01 Å². The Hall–Kier alpha value is -1.03. The summed E-state index contributed by atoms with van der Waals surface area (Å²) in [5.74, 6) is 0. The monoisotopic (exact) mass is 277 g/mol. The fourth-order valence-electron chi connectivity index (χ4n) is 1.01. The molecule has 1 aromatic rings. The topological polar surface area (TPSA) is 49.2 Å². The summed E-state index contributed by atoms with van der Waals surface area (Å²) in [6.45, 7) is -1.49. The molecule has 17 heavy (non-hydrogen) atoms. The van der Waals surface area contributed by atoms with E-state index in [-0.39, 0.29) is 23.0 Å². The fourth-order valence-corrected chi connectivity index (χ4v) is 1.76. The normalized spacial score (nSPS) is 12.2. The number of aromatic nitrogens is 2. The van der Waals surface area contributed by atoms with E-state index in [2.05, 4.69) is 10.2 Å². The predicted octanol–water partition coefficient (Wildman–Crippen LogP) is 1.62. The molecule has 0 aliphatic rings. The Balaban J connectivity index is 2.84. The second-order valence-corrected chi connectivity index (χ2v) is 3.90. The number of aliphatic hydroxyl groups is 1. The molecule has 0 aliphatic heterocycles. The maximum atomic E-state index is 12.2. The van der Waals surface area contributed by atoms with Gasteiger partial charge >= 0.3 is 6.18 Å². The first-order valence-electron chi connectivity index (χ1n) is 4.39. The van der Waals surface area contributed by atoms with E-state index in [1.165, 1.54) is 0 Å². The van der Waals surface area contributed by atoms with E-state index in [0.717, 1.165) is 4.90 Å². The van der Waals surface area contributed by atoms with E-state index in [1.807, 2.05) is 0 Å². The number of hydrogen-bond acceptors (Lipinski definition) is 5. The lowest BCUT2D eigenvalue weighted by atomic mass is 10.5. The van der Waals surface area contributed by atoms with Crippen LogP contribution in [0.4, 0.5) is 27.1 Å². The molecule has 0 atom stereocenters. The van der Waals surface area contributed by atoms with Gasteiger partial charge in [-0.05, 0) is 0 Å². The summed E-state index contributed by atoms with van der Waals surface area (Å²) in [6.07, 6.45) is -7.38. The molecule has 1 rings (SSSR count). The van der Waals surface area contributed by atoms with E-state index in [9.17, 15) is 22.0 Å². The molecule has 0 amide bonds. The van der Waals surface area contributed by atoms with E-state index in [0.29, 0.717) is 0 Å². The third-order valence-electron chi connectivity index (χ3n) is 1.66. The molecule has 0 bridgehead atoms. The molecule has 98 valence electrons. The summed E-state index contributed by atoms with van der Waals surface area (Å²) in [5, 5.41) is 13.2. The lowest BCUT2D eigenvalue weighted by Crippen LogP contribution is -2.31. The highest BCUT2D eigenvalue weighted by Crippen LogP contribution is 2.34. The zero-order valence-electron chi connectivity index (χ0n) is 8.29. The zero-order chi connectivity index (χ0) is 13.1. The maximum absolute atomic E-state index is 12.2. The molecule has 4 nitrogen and oxygen atoms in total. The van der Waals surface area contributed by atoms with Crippen molar-refractivity contribution in [3.63, 3.8) is 0 Å². The van der Waals surface area contributed by atoms with Crippen LogP contribution < -0.4 is 4.90 Å². The van der Waals surface area contributed by atoms with Crippen molar-refractivity contribution in [2.75, 3.05) is 24.6 Å². The molecule has 0 aliphatic carbocycles. The standard InChI is InChI=1S/C7H8F5N3OS/c8-4(9)3-15(1-2-16)6-14-13-5(17-6)7(10,11)12/h4,16H,1-3H2. The summed E-state index contributed by atoms with van der Waals surface area (Å²) in [7, 11) is 0. The van der Waals surface area contributed by atoms with Gasteiger partial charge in [-0.1, -0.05) is 11.3 Å². The second-order valence-electron chi connectivity index (χ2n) is 2.95. The number of nitrogens with zero attached hydrogens (tertiary/aromatic N) is 3. The molecule has 0 radical (unpaired) electrons. The fraction of sp³-hybridized carbons (Fsp3) is 0.714. The van der Waals surface area contributed by atoms with Gasteiger partial charge in [-0.2, -0.15) is 13.2 Å². The van der Waals surface area contributed by atoms with Gasteiger partial charge in [0.05, 0.1) is 13.2 Å². The van der Waals surface area contributed by atoms with Gasteiger partial charge in [0.15, 0.2) is 0 Å². The molecule has 0 spiro atoms. The smallest absolute Gasteiger partial charge is 0.395 e. The molecular weight excluding hydrogens is 269 g/mol. The van der Waals surface area contributed by atoms with Gasteiger partial charge in [0.1, 0.15) is 0 Å². The van der Waals surface area contributed by atoms with E-state index < -0.39 is 30.8 Å². The largest absolute Gasteiger partial charge is 0.445 e. The quantitative estimate of drug-likeness (QED) is 0.831. The Bertz CT molecular complexity index is 356. The number of aliphatic hydroxyl groups excluding tert-OH is 1. The molecule has 10 heteroatoms. The van der Waals surface area contributed by atoms with Crippen molar-refractivity contribution in [3.8, 4) is 0 Å². The molecular formula is C7H8F5N3OS. The minimum atomic E-state index is -4.65. The van der Waals surface area contributed by atoms with Crippen LogP contribution in [0.25, 0.3) is 0 Å². The Morgan fingerprint density at radius 2 is 1.94 bits per heavy atom. The van der Waals surface area contributed by atoms with Crippen LogP contribution in [-0.4, -0.2) is 41.4 Å². The van der Waals surface area contributed by atoms with Crippen molar-refractivity contribution < 1.29 is 27.1 Å². The van der Waals surface area contributed by atoms with Crippen LogP contribution in [0.2, 0.25) is 0 Å². The first-order chi connectivity index (χ1) is 7.84. The van der Waals surface area contributed by atoms with Crippen molar-refractivity contribution in [2.45, 2.75) is 12.6 Å². The summed E-state index contributed by atoms with van der Waals surface area (Å²) >= 11 is 0.164. The van der Waals surface area contributed by atoms with Crippen LogP contribution in [0.5, 0.6) is 0 Å². The molecule has 0 fully saturated rings. The van der Waals surface area contributed by atoms with Crippen LogP contribution in [0.3, 0.4) is 0 Å². The second kappa shape index (κ2) is 5.54. The van der Waals surface area contributed by atoms with Crippen molar-refractivity contribution in [2.24, 2.45) is 0 Å². The van der Waals surface area contributed by atoms with Gasteiger partial charge in [-0.15, -0.1) is 10.2 Å². The van der Waals surface area contributed by atoms with Gasteiger partial charge in [0, 0.05) is 6.54 Å². The molecule has 1 aromatic heterocycles. The number of rotatable bonds is 5. The third-order valence-corrected chi connectivity index (χ3v) is 2.68. The molecule has 0 saturated carbocycles.